The maximum absolute atomic E-state index is 14.0. The van der Waals surface area contributed by atoms with Crippen LogP contribution in [-0.4, -0.2) is 12.6 Å². The molecule has 6 heteroatoms. The van der Waals surface area contributed by atoms with Gasteiger partial charge in [-0.1, -0.05) is 36.4 Å². The minimum Gasteiger partial charge on any atom is -0.463 e. The summed E-state index contributed by atoms with van der Waals surface area (Å²) in [5.74, 6) is -2.63. The largest absolute Gasteiger partial charge is 0.463 e. The van der Waals surface area contributed by atoms with Crippen LogP contribution in [0.4, 0.5) is 17.6 Å². The summed E-state index contributed by atoms with van der Waals surface area (Å²) in [7, 11) is 0. The van der Waals surface area contributed by atoms with Gasteiger partial charge in [0.25, 0.3) is 0 Å². The van der Waals surface area contributed by atoms with Crippen LogP contribution in [0.2, 0.25) is 0 Å². The maximum atomic E-state index is 14.0. The van der Waals surface area contributed by atoms with Crippen molar-refractivity contribution in [3.8, 4) is 16.9 Å². The van der Waals surface area contributed by atoms with Gasteiger partial charge in [0.2, 0.25) is 6.86 Å². The van der Waals surface area contributed by atoms with E-state index in [1.165, 1.54) is 0 Å². The lowest BCUT2D eigenvalue weighted by atomic mass is 9.99. The quantitative estimate of drug-likeness (QED) is 0.359. The molecule has 0 aromatic heterocycles. The minimum absolute atomic E-state index is 0.235. The smallest absolute Gasteiger partial charge is 0.228 e. The molecule has 0 saturated carbocycles. The fraction of sp³-hybridized carbons (Fsp3) is 0.174. The zero-order valence-electron chi connectivity index (χ0n) is 15.3. The summed E-state index contributed by atoms with van der Waals surface area (Å²) in [6, 6.07) is 16.2. The standard InChI is InChI=1S/C23H17F4NO/c24-13-29-17-7-5-15(6-8-17)14-1-3-16(4-2-14)20-11-12-21(28-20)22-18(25)9-10-19(26)23(22)27/h1-10,20H,11-13H2. The molecule has 1 aliphatic heterocycles. The number of halogens is 4. The average molecular weight is 399 g/mol. The molecule has 1 aliphatic rings. The number of hydrogen-bond donors (Lipinski definition) is 0. The van der Waals surface area contributed by atoms with E-state index in [0.29, 0.717) is 18.6 Å². The average Bonchev–Trinajstić information content (AvgIpc) is 3.22. The summed E-state index contributed by atoms with van der Waals surface area (Å²) < 4.78 is 58.5. The molecule has 0 N–H and O–H groups in total. The topological polar surface area (TPSA) is 21.6 Å². The molecule has 0 radical (unpaired) electrons. The molecule has 148 valence electrons. The molecule has 3 aromatic rings. The summed E-state index contributed by atoms with van der Waals surface area (Å²) in [6.45, 7) is -0.874. The molecule has 1 atom stereocenters. The van der Waals surface area contributed by atoms with E-state index in [2.05, 4.69) is 4.99 Å². The van der Waals surface area contributed by atoms with Crippen LogP contribution in [0.1, 0.15) is 30.0 Å². The Hall–Kier alpha value is -3.15. The third-order valence-corrected chi connectivity index (χ3v) is 5.00. The van der Waals surface area contributed by atoms with E-state index in [9.17, 15) is 17.6 Å². The zero-order chi connectivity index (χ0) is 20.4. The van der Waals surface area contributed by atoms with Crippen LogP contribution in [0.3, 0.4) is 0 Å². The fourth-order valence-corrected chi connectivity index (χ4v) is 3.52. The Morgan fingerprint density at radius 1 is 0.828 bits per heavy atom. The SMILES string of the molecule is FCOc1ccc(-c2ccc(C3CCC(c4c(F)ccc(F)c4F)=N3)cc2)cc1. The lowest BCUT2D eigenvalue weighted by molar-refractivity contribution is 0.192. The molecular formula is C23H17F4NO. The van der Waals surface area contributed by atoms with Crippen LogP contribution >= 0.6 is 0 Å². The number of ether oxygens (including phenoxy) is 1. The summed E-state index contributed by atoms with van der Waals surface area (Å²) in [5, 5.41) is 0. The highest BCUT2D eigenvalue weighted by atomic mass is 19.2. The normalized spacial score (nSPS) is 16.0. The van der Waals surface area contributed by atoms with E-state index in [0.717, 1.165) is 28.8 Å². The zero-order valence-corrected chi connectivity index (χ0v) is 15.3. The van der Waals surface area contributed by atoms with Crippen molar-refractivity contribution in [3.63, 3.8) is 0 Å². The highest BCUT2D eigenvalue weighted by Crippen LogP contribution is 2.34. The van der Waals surface area contributed by atoms with Crippen molar-refractivity contribution in [3.05, 3.63) is 89.2 Å². The first-order valence-corrected chi connectivity index (χ1v) is 9.16. The first-order valence-electron chi connectivity index (χ1n) is 9.16. The van der Waals surface area contributed by atoms with E-state index >= 15 is 0 Å². The van der Waals surface area contributed by atoms with Crippen molar-refractivity contribution in [2.24, 2.45) is 4.99 Å². The van der Waals surface area contributed by atoms with Gasteiger partial charge < -0.3 is 4.74 Å². The number of benzene rings is 3. The third kappa shape index (κ3) is 3.88. The van der Waals surface area contributed by atoms with Gasteiger partial charge in [-0.25, -0.2) is 17.6 Å². The van der Waals surface area contributed by atoms with Gasteiger partial charge in [0.1, 0.15) is 11.6 Å². The maximum Gasteiger partial charge on any atom is 0.228 e. The van der Waals surface area contributed by atoms with Gasteiger partial charge >= 0.3 is 0 Å². The van der Waals surface area contributed by atoms with Crippen LogP contribution in [0.5, 0.6) is 5.75 Å². The van der Waals surface area contributed by atoms with Gasteiger partial charge in [0, 0.05) is 5.71 Å². The van der Waals surface area contributed by atoms with Crippen molar-refractivity contribution < 1.29 is 22.3 Å². The van der Waals surface area contributed by atoms with E-state index in [4.69, 9.17) is 4.74 Å². The molecule has 0 spiro atoms. The van der Waals surface area contributed by atoms with Gasteiger partial charge in [-0.15, -0.1) is 0 Å². The fourth-order valence-electron chi connectivity index (χ4n) is 3.52. The molecule has 0 bridgehead atoms. The van der Waals surface area contributed by atoms with E-state index in [1.807, 2.05) is 36.4 Å². The second-order valence-electron chi connectivity index (χ2n) is 6.75. The van der Waals surface area contributed by atoms with Gasteiger partial charge in [0.05, 0.1) is 11.6 Å². The molecule has 0 saturated heterocycles. The van der Waals surface area contributed by atoms with Gasteiger partial charge in [-0.3, -0.25) is 4.99 Å². The van der Waals surface area contributed by atoms with Gasteiger partial charge in [0.15, 0.2) is 11.6 Å². The molecule has 2 nitrogen and oxygen atoms in total. The number of nitrogens with zero attached hydrogens (tertiary/aromatic N) is 1. The molecule has 1 unspecified atom stereocenters. The molecule has 3 aromatic carbocycles. The first kappa shape index (κ1) is 19.2. The van der Waals surface area contributed by atoms with Crippen molar-refractivity contribution in [2.45, 2.75) is 18.9 Å². The second-order valence-corrected chi connectivity index (χ2v) is 6.75. The van der Waals surface area contributed by atoms with E-state index in [1.54, 1.807) is 12.1 Å². The number of hydrogen-bond acceptors (Lipinski definition) is 2. The number of rotatable bonds is 5. The monoisotopic (exact) mass is 399 g/mol. The lowest BCUT2D eigenvalue weighted by Gasteiger charge is -2.09. The highest BCUT2D eigenvalue weighted by Gasteiger charge is 2.26. The first-order chi connectivity index (χ1) is 14.1. The van der Waals surface area contributed by atoms with Crippen molar-refractivity contribution in [2.75, 3.05) is 6.86 Å². The van der Waals surface area contributed by atoms with E-state index < -0.39 is 24.3 Å². The Labute approximate surface area is 165 Å². The van der Waals surface area contributed by atoms with Crippen LogP contribution in [0, 0.1) is 17.5 Å². The van der Waals surface area contributed by atoms with Crippen LogP contribution in [0.15, 0.2) is 65.7 Å². The molecule has 0 fully saturated rings. The van der Waals surface area contributed by atoms with Gasteiger partial charge in [-0.05, 0) is 53.8 Å². The van der Waals surface area contributed by atoms with Crippen LogP contribution < -0.4 is 4.74 Å². The molecule has 29 heavy (non-hydrogen) atoms. The number of alkyl halides is 1. The third-order valence-electron chi connectivity index (χ3n) is 5.00. The Bertz CT molecular complexity index is 1050. The summed E-state index contributed by atoms with van der Waals surface area (Å²) in [6.07, 6.45) is 0.971. The Morgan fingerprint density at radius 2 is 1.45 bits per heavy atom. The summed E-state index contributed by atoms with van der Waals surface area (Å²) in [5.41, 5.74) is 2.70. The van der Waals surface area contributed by atoms with Gasteiger partial charge in [-0.2, -0.15) is 0 Å². The van der Waals surface area contributed by atoms with Crippen molar-refractivity contribution in [1.82, 2.24) is 0 Å². The Morgan fingerprint density at radius 3 is 2.10 bits per heavy atom. The van der Waals surface area contributed by atoms with Crippen LogP contribution in [-0.2, 0) is 0 Å². The van der Waals surface area contributed by atoms with Crippen molar-refractivity contribution >= 4 is 5.71 Å². The lowest BCUT2D eigenvalue weighted by Crippen LogP contribution is -2.06. The molecular weight excluding hydrogens is 382 g/mol. The molecule has 4 rings (SSSR count). The predicted molar refractivity (Wildman–Crippen MR) is 103 cm³/mol. The predicted octanol–water partition coefficient (Wildman–Crippen LogP) is 6.40. The Balaban J connectivity index is 1.55. The number of aliphatic imine (C=N–C) groups is 1. The van der Waals surface area contributed by atoms with Crippen LogP contribution in [0.25, 0.3) is 11.1 Å². The molecule has 0 aliphatic carbocycles. The highest BCUT2D eigenvalue weighted by molar-refractivity contribution is 6.02. The minimum atomic E-state index is -1.19. The van der Waals surface area contributed by atoms with Crippen molar-refractivity contribution in [1.29, 1.82) is 0 Å². The summed E-state index contributed by atoms with van der Waals surface area (Å²) in [4.78, 5) is 4.44. The summed E-state index contributed by atoms with van der Waals surface area (Å²) >= 11 is 0. The molecule has 1 heterocycles. The second kappa shape index (κ2) is 8.07. The molecule has 0 amide bonds. The van der Waals surface area contributed by atoms with E-state index in [-0.39, 0.29) is 17.3 Å². The Kier molecular flexibility index (Phi) is 5.34.